The maximum absolute atomic E-state index is 9.87. The average molecular weight is 210 g/mol. The van der Waals surface area contributed by atoms with Crippen LogP contribution in [0.2, 0.25) is 0 Å². The third-order valence-corrected chi connectivity index (χ3v) is 3.06. The predicted molar refractivity (Wildman–Crippen MR) is 53.0 cm³/mol. The van der Waals surface area contributed by atoms with Crippen LogP contribution in [0.5, 0.6) is 0 Å². The van der Waals surface area contributed by atoms with Crippen LogP contribution in [0, 0.1) is 0 Å². The standard InChI is InChI=1S/C11H14O4/c1-11(15)9(13)7-5-3-2-4-6(7)8(12)10(11)14/h2-5,8-10,12-15H,1H3/t8-,9+,10+,11+/m0/s1. The normalized spacial score (nSPS) is 39.9. The van der Waals surface area contributed by atoms with Gasteiger partial charge in [-0.3, -0.25) is 0 Å². The van der Waals surface area contributed by atoms with Gasteiger partial charge in [-0.25, -0.2) is 0 Å². The lowest BCUT2D eigenvalue weighted by Crippen LogP contribution is -2.51. The maximum Gasteiger partial charge on any atom is 0.120 e. The minimum absolute atomic E-state index is 0.459. The minimum Gasteiger partial charge on any atom is -0.387 e. The van der Waals surface area contributed by atoms with Crippen molar-refractivity contribution in [2.75, 3.05) is 0 Å². The van der Waals surface area contributed by atoms with E-state index in [0.29, 0.717) is 11.1 Å². The zero-order valence-corrected chi connectivity index (χ0v) is 8.33. The molecular formula is C11H14O4. The van der Waals surface area contributed by atoms with Gasteiger partial charge in [-0.15, -0.1) is 0 Å². The summed E-state index contributed by atoms with van der Waals surface area (Å²) < 4.78 is 0. The van der Waals surface area contributed by atoms with E-state index < -0.39 is 23.9 Å². The molecule has 4 N–H and O–H groups in total. The summed E-state index contributed by atoms with van der Waals surface area (Å²) in [4.78, 5) is 0. The summed E-state index contributed by atoms with van der Waals surface area (Å²) in [6, 6.07) is 6.68. The lowest BCUT2D eigenvalue weighted by molar-refractivity contribution is -0.181. The Labute approximate surface area is 87.4 Å². The molecule has 0 fully saturated rings. The number of rotatable bonds is 0. The molecule has 4 nitrogen and oxygen atoms in total. The Morgan fingerprint density at radius 2 is 1.60 bits per heavy atom. The number of hydrogen-bond acceptors (Lipinski definition) is 4. The molecule has 4 atom stereocenters. The van der Waals surface area contributed by atoms with Gasteiger partial charge in [0.1, 0.15) is 23.9 Å². The van der Waals surface area contributed by atoms with Gasteiger partial charge in [-0.05, 0) is 18.1 Å². The van der Waals surface area contributed by atoms with Crippen LogP contribution in [0.3, 0.4) is 0 Å². The largest absolute Gasteiger partial charge is 0.387 e. The Bertz CT molecular complexity index is 375. The van der Waals surface area contributed by atoms with Crippen LogP contribution in [0.1, 0.15) is 30.3 Å². The molecule has 0 radical (unpaired) electrons. The first-order valence-corrected chi connectivity index (χ1v) is 4.81. The lowest BCUT2D eigenvalue weighted by Gasteiger charge is -2.42. The molecule has 0 saturated heterocycles. The minimum atomic E-state index is -1.73. The molecule has 0 unspecified atom stereocenters. The van der Waals surface area contributed by atoms with Crippen LogP contribution >= 0.6 is 0 Å². The smallest absolute Gasteiger partial charge is 0.120 e. The molecule has 15 heavy (non-hydrogen) atoms. The first-order chi connectivity index (χ1) is 6.96. The highest BCUT2D eigenvalue weighted by molar-refractivity contribution is 5.37. The highest BCUT2D eigenvalue weighted by Gasteiger charge is 2.48. The molecule has 0 heterocycles. The molecule has 1 aliphatic rings. The van der Waals surface area contributed by atoms with Crippen molar-refractivity contribution in [2.45, 2.75) is 30.8 Å². The summed E-state index contributed by atoms with van der Waals surface area (Å²) in [5, 5.41) is 39.1. The SMILES string of the molecule is C[C@@]1(O)[C@H](O)c2ccccc2[C@H](O)[C@H]1O. The Balaban J connectivity index is 2.57. The van der Waals surface area contributed by atoms with E-state index in [0.717, 1.165) is 0 Å². The zero-order chi connectivity index (χ0) is 11.2. The topological polar surface area (TPSA) is 80.9 Å². The number of aliphatic hydroxyl groups is 4. The molecule has 0 bridgehead atoms. The van der Waals surface area contributed by atoms with Gasteiger partial charge in [0.05, 0.1) is 0 Å². The van der Waals surface area contributed by atoms with Crippen LogP contribution in [-0.4, -0.2) is 32.1 Å². The Hall–Kier alpha value is -0.940. The van der Waals surface area contributed by atoms with E-state index in [2.05, 4.69) is 0 Å². The third-order valence-electron chi connectivity index (χ3n) is 3.06. The number of aliphatic hydroxyl groups excluding tert-OH is 3. The van der Waals surface area contributed by atoms with Gasteiger partial charge in [0.25, 0.3) is 0 Å². The van der Waals surface area contributed by atoms with Gasteiger partial charge in [0.2, 0.25) is 0 Å². The molecule has 4 heteroatoms. The second-order valence-corrected chi connectivity index (χ2v) is 4.15. The van der Waals surface area contributed by atoms with E-state index in [9.17, 15) is 20.4 Å². The molecule has 0 aromatic heterocycles. The second kappa shape index (κ2) is 3.28. The van der Waals surface area contributed by atoms with E-state index in [1.54, 1.807) is 24.3 Å². The summed E-state index contributed by atoms with van der Waals surface area (Å²) in [7, 11) is 0. The van der Waals surface area contributed by atoms with Crippen molar-refractivity contribution >= 4 is 0 Å². The maximum atomic E-state index is 9.87. The number of benzene rings is 1. The van der Waals surface area contributed by atoms with Crippen molar-refractivity contribution in [1.82, 2.24) is 0 Å². The van der Waals surface area contributed by atoms with Gasteiger partial charge >= 0.3 is 0 Å². The summed E-state index contributed by atoms with van der Waals surface area (Å²) in [6.07, 6.45) is -3.74. The fourth-order valence-electron chi connectivity index (χ4n) is 2.00. The lowest BCUT2D eigenvalue weighted by atomic mass is 9.75. The van der Waals surface area contributed by atoms with Crippen molar-refractivity contribution in [2.24, 2.45) is 0 Å². The summed E-state index contributed by atoms with van der Waals surface area (Å²) in [5.41, 5.74) is -0.808. The molecule has 0 aliphatic heterocycles. The van der Waals surface area contributed by atoms with Crippen LogP contribution in [0.15, 0.2) is 24.3 Å². The molecule has 0 spiro atoms. The fourth-order valence-corrected chi connectivity index (χ4v) is 2.00. The summed E-state index contributed by atoms with van der Waals surface area (Å²) >= 11 is 0. The molecule has 82 valence electrons. The van der Waals surface area contributed by atoms with Crippen molar-refractivity contribution in [3.8, 4) is 0 Å². The molecule has 1 aromatic carbocycles. The second-order valence-electron chi connectivity index (χ2n) is 4.15. The van der Waals surface area contributed by atoms with E-state index in [-0.39, 0.29) is 0 Å². The number of fused-ring (bicyclic) bond motifs is 1. The van der Waals surface area contributed by atoms with Crippen molar-refractivity contribution in [1.29, 1.82) is 0 Å². The first-order valence-electron chi connectivity index (χ1n) is 4.81. The fraction of sp³-hybridized carbons (Fsp3) is 0.455. The van der Waals surface area contributed by atoms with Gasteiger partial charge in [0.15, 0.2) is 0 Å². The predicted octanol–water partition coefficient (Wildman–Crippen LogP) is -0.121. The van der Waals surface area contributed by atoms with Crippen molar-refractivity contribution in [3.63, 3.8) is 0 Å². The molecule has 0 saturated carbocycles. The van der Waals surface area contributed by atoms with Gasteiger partial charge < -0.3 is 20.4 Å². The van der Waals surface area contributed by atoms with Gasteiger partial charge in [-0.1, -0.05) is 24.3 Å². The number of hydrogen-bond donors (Lipinski definition) is 4. The van der Waals surface area contributed by atoms with Crippen LogP contribution in [-0.2, 0) is 0 Å². The molecule has 1 aliphatic carbocycles. The van der Waals surface area contributed by atoms with Gasteiger partial charge in [0, 0.05) is 0 Å². The van der Waals surface area contributed by atoms with Crippen LogP contribution in [0.25, 0.3) is 0 Å². The Kier molecular flexibility index (Phi) is 2.31. The monoisotopic (exact) mass is 210 g/mol. The molecule has 1 aromatic rings. The highest BCUT2D eigenvalue weighted by atomic mass is 16.4. The van der Waals surface area contributed by atoms with Crippen molar-refractivity contribution < 1.29 is 20.4 Å². The third kappa shape index (κ3) is 1.38. The highest BCUT2D eigenvalue weighted by Crippen LogP contribution is 2.42. The van der Waals surface area contributed by atoms with Crippen LogP contribution < -0.4 is 0 Å². The van der Waals surface area contributed by atoms with E-state index >= 15 is 0 Å². The zero-order valence-electron chi connectivity index (χ0n) is 8.33. The van der Waals surface area contributed by atoms with Crippen molar-refractivity contribution in [3.05, 3.63) is 35.4 Å². The van der Waals surface area contributed by atoms with Crippen LogP contribution in [0.4, 0.5) is 0 Å². The van der Waals surface area contributed by atoms with Gasteiger partial charge in [-0.2, -0.15) is 0 Å². The Morgan fingerprint density at radius 3 is 2.20 bits per heavy atom. The Morgan fingerprint density at radius 1 is 1.07 bits per heavy atom. The van der Waals surface area contributed by atoms with E-state index in [1.165, 1.54) is 6.92 Å². The molecule has 2 rings (SSSR count). The van der Waals surface area contributed by atoms with E-state index in [1.807, 2.05) is 0 Å². The first kappa shape index (κ1) is 10.6. The summed E-state index contributed by atoms with van der Waals surface area (Å²) in [5.74, 6) is 0. The average Bonchev–Trinajstić information content (AvgIpc) is 2.24. The quantitative estimate of drug-likeness (QED) is 0.481. The molecule has 0 amide bonds. The molecular weight excluding hydrogens is 196 g/mol. The summed E-state index contributed by atoms with van der Waals surface area (Å²) in [6.45, 7) is 1.31. The van der Waals surface area contributed by atoms with E-state index in [4.69, 9.17) is 0 Å².